The van der Waals surface area contributed by atoms with Gasteiger partial charge in [0, 0.05) is 6.04 Å². The zero-order chi connectivity index (χ0) is 24.8. The molecule has 1 saturated carbocycles. The van der Waals surface area contributed by atoms with Crippen LogP contribution in [0.2, 0.25) is 0 Å². The Kier molecular flexibility index (Phi) is 7.87. The number of nitrogens with zero attached hydrogens (tertiary/aromatic N) is 1. The first-order valence-corrected chi connectivity index (χ1v) is 12.5. The molecule has 0 saturated heterocycles. The minimum absolute atomic E-state index is 0.0508. The Labute approximate surface area is 208 Å². The van der Waals surface area contributed by atoms with E-state index in [2.05, 4.69) is 10.6 Å². The molecule has 3 amide bonds. The average molecular weight is 496 g/mol. The monoisotopic (exact) mass is 495 g/mol. The maximum atomic E-state index is 13.7. The Hall–Kier alpha value is -3.59. The van der Waals surface area contributed by atoms with Gasteiger partial charge >= 0.3 is 0 Å². The molecular formula is C26H29N3O5S. The quantitative estimate of drug-likeness (QED) is 0.463. The number of hydrogen-bond donors (Lipinski definition) is 2. The molecular weight excluding hydrogens is 466 g/mol. The molecule has 35 heavy (non-hydrogen) atoms. The van der Waals surface area contributed by atoms with E-state index in [4.69, 9.17) is 9.15 Å². The third kappa shape index (κ3) is 5.74. The van der Waals surface area contributed by atoms with E-state index in [1.165, 1.54) is 29.6 Å². The lowest BCUT2D eigenvalue weighted by molar-refractivity contribution is -0.127. The summed E-state index contributed by atoms with van der Waals surface area (Å²) in [7, 11) is 1.51. The van der Waals surface area contributed by atoms with Crippen molar-refractivity contribution in [2.75, 3.05) is 18.6 Å². The van der Waals surface area contributed by atoms with Crippen molar-refractivity contribution in [1.82, 2.24) is 10.6 Å². The summed E-state index contributed by atoms with van der Waals surface area (Å²) in [6.45, 7) is 1.59. The third-order valence-electron chi connectivity index (χ3n) is 6.03. The maximum Gasteiger partial charge on any atom is 0.261 e. The maximum absolute atomic E-state index is 13.7. The van der Waals surface area contributed by atoms with Crippen LogP contribution in [-0.2, 0) is 9.59 Å². The molecule has 2 aromatic heterocycles. The number of carbonyl (C=O) groups excluding carboxylic acids is 3. The van der Waals surface area contributed by atoms with Crippen LogP contribution in [0, 0.1) is 6.92 Å². The van der Waals surface area contributed by atoms with Crippen molar-refractivity contribution in [2.24, 2.45) is 0 Å². The number of benzene rings is 1. The molecule has 9 heteroatoms. The summed E-state index contributed by atoms with van der Waals surface area (Å²) < 4.78 is 11.2. The second-order valence-corrected chi connectivity index (χ2v) is 9.45. The number of amides is 3. The highest BCUT2D eigenvalue weighted by Gasteiger charge is 2.37. The smallest absolute Gasteiger partial charge is 0.261 e. The van der Waals surface area contributed by atoms with Crippen LogP contribution >= 0.6 is 11.3 Å². The van der Waals surface area contributed by atoms with E-state index in [0.29, 0.717) is 22.1 Å². The number of anilines is 1. The Morgan fingerprint density at radius 2 is 1.97 bits per heavy atom. The number of thiophene rings is 1. The zero-order valence-electron chi connectivity index (χ0n) is 19.8. The fourth-order valence-corrected chi connectivity index (χ4v) is 4.95. The van der Waals surface area contributed by atoms with Gasteiger partial charge in [-0.25, -0.2) is 0 Å². The molecule has 1 atom stereocenters. The van der Waals surface area contributed by atoms with E-state index in [9.17, 15) is 14.4 Å². The molecule has 1 unspecified atom stereocenters. The summed E-state index contributed by atoms with van der Waals surface area (Å²) in [5, 5.41) is 7.56. The van der Waals surface area contributed by atoms with Gasteiger partial charge in [-0.15, -0.1) is 11.3 Å². The van der Waals surface area contributed by atoms with Gasteiger partial charge in [0.05, 0.1) is 30.5 Å². The van der Waals surface area contributed by atoms with Crippen LogP contribution in [0.15, 0.2) is 58.5 Å². The topological polar surface area (TPSA) is 101 Å². The van der Waals surface area contributed by atoms with E-state index in [0.717, 1.165) is 31.2 Å². The molecule has 8 nitrogen and oxygen atoms in total. The summed E-state index contributed by atoms with van der Waals surface area (Å²) in [6, 6.07) is 11.2. The lowest BCUT2D eigenvalue weighted by atomic mass is 10.1. The number of methoxy groups -OCH3 is 1. The summed E-state index contributed by atoms with van der Waals surface area (Å²) in [6.07, 6.45) is 5.38. The molecule has 184 valence electrons. The van der Waals surface area contributed by atoms with Gasteiger partial charge in [-0.2, -0.15) is 0 Å². The summed E-state index contributed by atoms with van der Waals surface area (Å²) in [5.41, 5.74) is 1.31. The first kappa shape index (κ1) is 24.5. The van der Waals surface area contributed by atoms with Crippen LogP contribution in [0.3, 0.4) is 0 Å². The van der Waals surface area contributed by atoms with Crippen molar-refractivity contribution in [2.45, 2.75) is 44.7 Å². The van der Waals surface area contributed by atoms with Gasteiger partial charge in [-0.05, 0) is 61.0 Å². The van der Waals surface area contributed by atoms with Gasteiger partial charge in [0.15, 0.2) is 6.04 Å². The van der Waals surface area contributed by atoms with Crippen molar-refractivity contribution < 1.29 is 23.5 Å². The molecule has 1 aliphatic carbocycles. The van der Waals surface area contributed by atoms with Gasteiger partial charge in [0.1, 0.15) is 11.5 Å². The fraction of sp³-hybridized carbons (Fsp3) is 0.346. The first-order chi connectivity index (χ1) is 17.0. The van der Waals surface area contributed by atoms with E-state index in [-0.39, 0.29) is 24.4 Å². The molecule has 1 aromatic carbocycles. The second kappa shape index (κ2) is 11.2. The largest absolute Gasteiger partial charge is 0.495 e. The highest BCUT2D eigenvalue weighted by atomic mass is 32.1. The minimum Gasteiger partial charge on any atom is -0.495 e. The highest BCUT2D eigenvalue weighted by Crippen LogP contribution is 2.36. The van der Waals surface area contributed by atoms with Crippen molar-refractivity contribution in [3.63, 3.8) is 0 Å². The van der Waals surface area contributed by atoms with Crippen LogP contribution in [-0.4, -0.2) is 37.4 Å². The van der Waals surface area contributed by atoms with E-state index >= 15 is 0 Å². The SMILES string of the molecule is COc1ccc(C)cc1N(C(=O)CNC(=O)c1cccs1)C(C(=O)NC1CCCC1)c1ccco1. The van der Waals surface area contributed by atoms with E-state index < -0.39 is 11.9 Å². The summed E-state index contributed by atoms with van der Waals surface area (Å²) in [5.74, 6) is -0.412. The van der Waals surface area contributed by atoms with Crippen molar-refractivity contribution in [3.05, 3.63) is 70.3 Å². The molecule has 0 spiro atoms. The number of carbonyl (C=O) groups is 3. The van der Waals surface area contributed by atoms with Gasteiger partial charge in [-0.1, -0.05) is 25.0 Å². The number of furan rings is 1. The average Bonchev–Trinajstić information content (AvgIpc) is 3.64. The van der Waals surface area contributed by atoms with Crippen molar-refractivity contribution in [3.8, 4) is 5.75 Å². The number of ether oxygens (including phenoxy) is 1. The minimum atomic E-state index is -1.08. The van der Waals surface area contributed by atoms with Crippen LogP contribution in [0.4, 0.5) is 5.69 Å². The Bertz CT molecular complexity index is 1150. The summed E-state index contributed by atoms with van der Waals surface area (Å²) in [4.78, 5) is 41.7. The van der Waals surface area contributed by atoms with Crippen LogP contribution in [0.25, 0.3) is 0 Å². The summed E-state index contributed by atoms with van der Waals surface area (Å²) >= 11 is 1.29. The van der Waals surface area contributed by atoms with Crippen LogP contribution in [0.5, 0.6) is 5.75 Å². The Morgan fingerprint density at radius 1 is 1.17 bits per heavy atom. The van der Waals surface area contributed by atoms with E-state index in [1.807, 2.05) is 13.0 Å². The third-order valence-corrected chi connectivity index (χ3v) is 6.90. The fourth-order valence-electron chi connectivity index (χ4n) is 4.31. The molecule has 0 bridgehead atoms. The van der Waals surface area contributed by atoms with Gasteiger partial charge < -0.3 is 19.8 Å². The number of rotatable bonds is 9. The predicted octanol–water partition coefficient (Wildman–Crippen LogP) is 4.22. The van der Waals surface area contributed by atoms with Gasteiger partial charge in [-0.3, -0.25) is 19.3 Å². The van der Waals surface area contributed by atoms with Crippen LogP contribution < -0.4 is 20.3 Å². The molecule has 2 N–H and O–H groups in total. The second-order valence-electron chi connectivity index (χ2n) is 8.51. The Balaban J connectivity index is 1.70. The van der Waals surface area contributed by atoms with Crippen molar-refractivity contribution in [1.29, 1.82) is 0 Å². The molecule has 4 rings (SSSR count). The lowest BCUT2D eigenvalue weighted by Gasteiger charge is -2.32. The molecule has 3 aromatic rings. The number of hydrogen-bond acceptors (Lipinski definition) is 6. The highest BCUT2D eigenvalue weighted by molar-refractivity contribution is 7.12. The van der Waals surface area contributed by atoms with Crippen LogP contribution in [0.1, 0.15) is 52.7 Å². The van der Waals surface area contributed by atoms with Gasteiger partial charge in [0.25, 0.3) is 11.8 Å². The molecule has 0 aliphatic heterocycles. The van der Waals surface area contributed by atoms with E-state index in [1.54, 1.807) is 41.8 Å². The molecule has 2 heterocycles. The molecule has 1 aliphatic rings. The number of nitrogens with one attached hydrogen (secondary N) is 2. The predicted molar refractivity (Wildman–Crippen MR) is 134 cm³/mol. The normalized spacial score (nSPS) is 14.3. The zero-order valence-corrected chi connectivity index (χ0v) is 20.6. The standard InChI is InChI=1S/C26H29N3O5S/c1-17-11-12-20(33-2)19(15-17)29(23(30)16-27-25(31)22-10-6-14-35-22)24(21-9-5-13-34-21)26(32)28-18-7-3-4-8-18/h5-6,9-15,18,24H,3-4,7-8,16H2,1-2H3,(H,27,31)(H,28,32). The number of aryl methyl sites for hydroxylation is 1. The van der Waals surface area contributed by atoms with Crippen molar-refractivity contribution >= 4 is 34.7 Å². The molecule has 0 radical (unpaired) electrons. The Morgan fingerprint density at radius 3 is 2.63 bits per heavy atom. The molecule has 1 fully saturated rings. The lowest BCUT2D eigenvalue weighted by Crippen LogP contribution is -2.49. The van der Waals surface area contributed by atoms with Gasteiger partial charge in [0.2, 0.25) is 5.91 Å². The first-order valence-electron chi connectivity index (χ1n) is 11.6.